The Labute approximate surface area is 217 Å². The van der Waals surface area contributed by atoms with Crippen LogP contribution in [-0.4, -0.2) is 39.9 Å². The molecule has 34 heavy (non-hydrogen) atoms. The van der Waals surface area contributed by atoms with Crippen LogP contribution in [-0.2, 0) is 19.4 Å². The van der Waals surface area contributed by atoms with Crippen LogP contribution in [0.3, 0.4) is 0 Å². The summed E-state index contributed by atoms with van der Waals surface area (Å²) < 4.78 is 13.4. The molecule has 0 radical (unpaired) electrons. The molecule has 0 amide bonds. The van der Waals surface area contributed by atoms with E-state index in [1.807, 2.05) is 24.3 Å². The van der Waals surface area contributed by atoms with Crippen LogP contribution in [0.1, 0.15) is 61.6 Å². The standard InChI is InChI=1S/C25H32N6O2.HI/c1-17(2)24-29-23-10-9-18(16-31(23)30-24)27-25(26-13-11-19-6-5-14-32-19)28-21-12-15-33-22-8-4-3-7-20(21)22;/h3-8,14,17-18,21H,9-13,15-16H2,1-2H3,(H2,26,27,28);1H. The van der Waals surface area contributed by atoms with E-state index in [4.69, 9.17) is 24.2 Å². The van der Waals surface area contributed by atoms with Crippen molar-refractivity contribution < 1.29 is 9.15 Å². The highest BCUT2D eigenvalue weighted by Crippen LogP contribution is 2.31. The highest BCUT2D eigenvalue weighted by molar-refractivity contribution is 14.0. The van der Waals surface area contributed by atoms with Crippen LogP contribution in [0.15, 0.2) is 52.1 Å². The van der Waals surface area contributed by atoms with Gasteiger partial charge in [-0.2, -0.15) is 5.10 Å². The Hall–Kier alpha value is -2.56. The predicted molar refractivity (Wildman–Crippen MR) is 142 cm³/mol. The van der Waals surface area contributed by atoms with Crippen LogP contribution < -0.4 is 15.4 Å². The number of guanidine groups is 1. The minimum atomic E-state index is 0. The molecule has 182 valence electrons. The summed E-state index contributed by atoms with van der Waals surface area (Å²) in [5.41, 5.74) is 1.17. The van der Waals surface area contributed by atoms with Gasteiger partial charge in [-0.05, 0) is 24.6 Å². The largest absolute Gasteiger partial charge is 0.493 e. The predicted octanol–water partition coefficient (Wildman–Crippen LogP) is 4.23. The lowest BCUT2D eigenvalue weighted by Crippen LogP contribution is -2.48. The Morgan fingerprint density at radius 3 is 2.88 bits per heavy atom. The number of rotatable bonds is 6. The SMILES string of the molecule is CC(C)c1nc2n(n1)CC(NC(=NCCc1ccco1)NC1CCOc3ccccc31)CC2.I. The number of ether oxygens (including phenoxy) is 1. The van der Waals surface area contributed by atoms with E-state index in [0.29, 0.717) is 19.1 Å². The van der Waals surface area contributed by atoms with Crippen molar-refractivity contribution in [2.75, 3.05) is 13.2 Å². The molecule has 0 aliphatic carbocycles. The molecular formula is C25H33IN6O2. The molecule has 0 saturated heterocycles. The highest BCUT2D eigenvalue weighted by Gasteiger charge is 2.26. The summed E-state index contributed by atoms with van der Waals surface area (Å²) in [5, 5.41) is 12.1. The molecule has 5 rings (SSSR count). The molecule has 2 aliphatic heterocycles. The van der Waals surface area contributed by atoms with Crippen molar-refractivity contribution in [1.82, 2.24) is 25.4 Å². The lowest BCUT2D eigenvalue weighted by Gasteiger charge is -2.30. The average Bonchev–Trinajstić information content (AvgIpc) is 3.49. The summed E-state index contributed by atoms with van der Waals surface area (Å²) in [6, 6.07) is 12.5. The van der Waals surface area contributed by atoms with Crippen LogP contribution >= 0.6 is 24.0 Å². The van der Waals surface area contributed by atoms with Crippen LogP contribution in [0, 0.1) is 0 Å². The first-order valence-electron chi connectivity index (χ1n) is 11.9. The number of benzene rings is 1. The summed E-state index contributed by atoms with van der Waals surface area (Å²) >= 11 is 0. The molecule has 0 bridgehead atoms. The summed E-state index contributed by atoms with van der Waals surface area (Å²) in [6.07, 6.45) is 5.28. The second-order valence-electron chi connectivity index (χ2n) is 9.03. The molecule has 0 saturated carbocycles. The average molecular weight is 576 g/mol. The van der Waals surface area contributed by atoms with Crippen molar-refractivity contribution in [3.05, 3.63) is 65.6 Å². The third-order valence-corrected chi connectivity index (χ3v) is 6.21. The zero-order valence-electron chi connectivity index (χ0n) is 19.7. The summed E-state index contributed by atoms with van der Waals surface area (Å²) in [6.45, 7) is 6.40. The number of aromatic nitrogens is 3. The maximum atomic E-state index is 5.84. The van der Waals surface area contributed by atoms with Crippen molar-refractivity contribution >= 4 is 29.9 Å². The van der Waals surface area contributed by atoms with Gasteiger partial charge >= 0.3 is 0 Å². The van der Waals surface area contributed by atoms with E-state index in [2.05, 4.69) is 41.3 Å². The molecule has 2 aliphatic rings. The molecule has 2 N–H and O–H groups in total. The molecule has 0 spiro atoms. The monoisotopic (exact) mass is 576 g/mol. The molecule has 3 aromatic rings. The number of hydrogen-bond donors (Lipinski definition) is 2. The van der Waals surface area contributed by atoms with Gasteiger partial charge in [0.15, 0.2) is 11.8 Å². The van der Waals surface area contributed by atoms with Gasteiger partial charge < -0.3 is 19.8 Å². The van der Waals surface area contributed by atoms with E-state index >= 15 is 0 Å². The van der Waals surface area contributed by atoms with Gasteiger partial charge in [-0.25, -0.2) is 9.67 Å². The lowest BCUT2D eigenvalue weighted by atomic mass is 10.0. The fraction of sp³-hybridized carbons (Fsp3) is 0.480. The molecule has 2 unspecified atom stereocenters. The number of nitrogens with zero attached hydrogens (tertiary/aromatic N) is 4. The van der Waals surface area contributed by atoms with Gasteiger partial charge in [-0.3, -0.25) is 4.99 Å². The van der Waals surface area contributed by atoms with Gasteiger partial charge in [0.25, 0.3) is 0 Å². The number of hydrogen-bond acceptors (Lipinski definition) is 5. The lowest BCUT2D eigenvalue weighted by molar-refractivity contribution is 0.261. The fourth-order valence-corrected chi connectivity index (χ4v) is 4.41. The maximum Gasteiger partial charge on any atom is 0.192 e. The second-order valence-corrected chi connectivity index (χ2v) is 9.03. The van der Waals surface area contributed by atoms with Gasteiger partial charge in [0.05, 0.1) is 25.5 Å². The van der Waals surface area contributed by atoms with Crippen molar-refractivity contribution in [2.45, 2.75) is 64.1 Å². The third kappa shape index (κ3) is 5.73. The van der Waals surface area contributed by atoms with E-state index in [1.54, 1.807) is 6.26 Å². The number of para-hydroxylation sites is 1. The topological polar surface area (TPSA) is 89.5 Å². The molecule has 8 nitrogen and oxygen atoms in total. The highest BCUT2D eigenvalue weighted by atomic mass is 127. The van der Waals surface area contributed by atoms with Gasteiger partial charge in [-0.15, -0.1) is 24.0 Å². The van der Waals surface area contributed by atoms with Gasteiger partial charge in [0.2, 0.25) is 0 Å². The number of nitrogens with one attached hydrogen (secondary N) is 2. The molecule has 9 heteroatoms. The van der Waals surface area contributed by atoms with E-state index in [9.17, 15) is 0 Å². The first-order chi connectivity index (χ1) is 16.2. The number of fused-ring (bicyclic) bond motifs is 2. The van der Waals surface area contributed by atoms with E-state index in [0.717, 1.165) is 61.3 Å². The second kappa shape index (κ2) is 11.2. The zero-order chi connectivity index (χ0) is 22.6. The van der Waals surface area contributed by atoms with Gasteiger partial charge in [-0.1, -0.05) is 32.0 Å². The molecule has 0 fully saturated rings. The maximum absolute atomic E-state index is 5.84. The Kier molecular flexibility index (Phi) is 8.12. The quantitative estimate of drug-likeness (QED) is 0.260. The molecule has 4 heterocycles. The van der Waals surface area contributed by atoms with E-state index < -0.39 is 0 Å². The van der Waals surface area contributed by atoms with Crippen molar-refractivity contribution in [3.8, 4) is 5.75 Å². The zero-order valence-corrected chi connectivity index (χ0v) is 22.1. The summed E-state index contributed by atoms with van der Waals surface area (Å²) in [5.74, 6) is 5.06. The number of furan rings is 1. The molecular weight excluding hydrogens is 543 g/mol. The number of halogens is 1. The number of aliphatic imine (C=N–C) groups is 1. The molecule has 1 aromatic carbocycles. The Bertz CT molecular complexity index is 1090. The Morgan fingerprint density at radius 1 is 1.18 bits per heavy atom. The Balaban J connectivity index is 0.00000274. The first kappa shape index (κ1) is 24.6. The van der Waals surface area contributed by atoms with Crippen LogP contribution in [0.25, 0.3) is 0 Å². The first-order valence-corrected chi connectivity index (χ1v) is 11.9. The van der Waals surface area contributed by atoms with Gasteiger partial charge in [0.1, 0.15) is 17.3 Å². The Morgan fingerprint density at radius 2 is 2.06 bits per heavy atom. The summed E-state index contributed by atoms with van der Waals surface area (Å²) in [4.78, 5) is 9.61. The third-order valence-electron chi connectivity index (χ3n) is 6.21. The normalized spacial score (nSPS) is 19.6. The summed E-state index contributed by atoms with van der Waals surface area (Å²) in [7, 11) is 0. The van der Waals surface area contributed by atoms with Crippen LogP contribution in [0.4, 0.5) is 0 Å². The van der Waals surface area contributed by atoms with Crippen molar-refractivity contribution in [1.29, 1.82) is 0 Å². The fourth-order valence-electron chi connectivity index (χ4n) is 4.41. The minimum absolute atomic E-state index is 0. The molecule has 2 atom stereocenters. The molecule has 2 aromatic heterocycles. The number of aryl methyl sites for hydroxylation is 1. The van der Waals surface area contributed by atoms with Gasteiger partial charge in [0, 0.05) is 43.3 Å². The van der Waals surface area contributed by atoms with Crippen LogP contribution in [0.5, 0.6) is 5.75 Å². The van der Waals surface area contributed by atoms with Crippen LogP contribution in [0.2, 0.25) is 0 Å². The smallest absolute Gasteiger partial charge is 0.192 e. The van der Waals surface area contributed by atoms with E-state index in [1.165, 1.54) is 5.56 Å². The minimum Gasteiger partial charge on any atom is -0.493 e. The van der Waals surface area contributed by atoms with E-state index in [-0.39, 0.29) is 36.1 Å². The van der Waals surface area contributed by atoms with Crippen molar-refractivity contribution in [2.24, 2.45) is 4.99 Å². The van der Waals surface area contributed by atoms with Crippen molar-refractivity contribution in [3.63, 3.8) is 0 Å².